The summed E-state index contributed by atoms with van der Waals surface area (Å²) < 4.78 is 3.92. The fourth-order valence-electron chi connectivity index (χ4n) is 1.68. The van der Waals surface area contributed by atoms with E-state index in [1.807, 2.05) is 12.1 Å². The van der Waals surface area contributed by atoms with E-state index in [0.717, 1.165) is 9.99 Å². The Morgan fingerprint density at radius 2 is 2.24 bits per heavy atom. The summed E-state index contributed by atoms with van der Waals surface area (Å²) in [6.45, 7) is 0. The van der Waals surface area contributed by atoms with Gasteiger partial charge in [0.25, 0.3) is 5.91 Å². The van der Waals surface area contributed by atoms with Gasteiger partial charge in [0.15, 0.2) is 0 Å². The highest BCUT2D eigenvalue weighted by atomic mass is 79.9. The maximum Gasteiger partial charge on any atom is 0.266 e. The number of fused-ring (bicyclic) bond motifs is 1. The third kappa shape index (κ3) is 1.57. The lowest BCUT2D eigenvalue weighted by atomic mass is 10.2. The number of carbonyl (C=O) groups excluding carboxylic acids is 1. The van der Waals surface area contributed by atoms with Gasteiger partial charge in [0.1, 0.15) is 6.33 Å². The van der Waals surface area contributed by atoms with Crippen molar-refractivity contribution in [2.75, 3.05) is 0 Å². The van der Waals surface area contributed by atoms with Crippen molar-refractivity contribution in [3.8, 4) is 0 Å². The molecule has 0 spiro atoms. The van der Waals surface area contributed by atoms with Crippen LogP contribution in [-0.2, 0) is 0 Å². The number of pyridine rings is 1. The summed E-state index contributed by atoms with van der Waals surface area (Å²) in [5, 5.41) is 4.14. The van der Waals surface area contributed by atoms with Crippen LogP contribution >= 0.6 is 15.9 Å². The van der Waals surface area contributed by atoms with Crippen molar-refractivity contribution >= 4 is 27.4 Å². The second kappa shape index (κ2) is 3.81. The van der Waals surface area contributed by atoms with E-state index in [2.05, 4.69) is 26.0 Å². The van der Waals surface area contributed by atoms with Gasteiger partial charge in [-0.15, -0.1) is 0 Å². The maximum atomic E-state index is 12.2. The zero-order chi connectivity index (χ0) is 11.8. The molecule has 0 aliphatic heterocycles. The Morgan fingerprint density at radius 3 is 3.00 bits per heavy atom. The minimum Gasteiger partial charge on any atom is -0.272 e. The minimum absolute atomic E-state index is 0.149. The van der Waals surface area contributed by atoms with Crippen molar-refractivity contribution in [1.82, 2.24) is 19.2 Å². The number of aromatic nitrogens is 4. The van der Waals surface area contributed by atoms with Crippen molar-refractivity contribution < 1.29 is 4.79 Å². The molecule has 0 radical (unpaired) electrons. The Labute approximate surface area is 105 Å². The Bertz CT molecular complexity index is 687. The molecule has 0 bridgehead atoms. The van der Waals surface area contributed by atoms with E-state index in [0.29, 0.717) is 5.56 Å². The fraction of sp³-hybridized carbons (Fsp3) is 0. The molecule has 3 heterocycles. The van der Waals surface area contributed by atoms with Crippen molar-refractivity contribution in [2.45, 2.75) is 0 Å². The third-order valence-corrected chi connectivity index (χ3v) is 3.10. The highest BCUT2D eigenvalue weighted by Gasteiger charge is 2.15. The van der Waals surface area contributed by atoms with Crippen LogP contribution in [-0.4, -0.2) is 25.1 Å². The van der Waals surface area contributed by atoms with Gasteiger partial charge in [-0.1, -0.05) is 0 Å². The van der Waals surface area contributed by atoms with Gasteiger partial charge in [-0.3, -0.25) is 9.36 Å². The normalized spacial score (nSPS) is 10.9. The molecular weight excluding hydrogens is 284 g/mol. The Balaban J connectivity index is 2.22. The molecule has 0 saturated heterocycles. The van der Waals surface area contributed by atoms with E-state index in [9.17, 15) is 4.79 Å². The standard InChI is InChI=1S/C11H7BrN4O/c12-9-2-1-4-16-10(9)8(6-14-16)11(17)15-5-3-13-7-15/h1-7H. The summed E-state index contributed by atoms with van der Waals surface area (Å²) >= 11 is 3.42. The monoisotopic (exact) mass is 290 g/mol. The number of imidazole rings is 1. The molecule has 0 unspecified atom stereocenters. The second-order valence-corrected chi connectivity index (χ2v) is 4.34. The van der Waals surface area contributed by atoms with Gasteiger partial charge in [-0.2, -0.15) is 5.10 Å². The van der Waals surface area contributed by atoms with Crippen LogP contribution in [0.4, 0.5) is 0 Å². The molecule has 0 atom stereocenters. The van der Waals surface area contributed by atoms with Crippen molar-refractivity contribution in [3.05, 3.63) is 53.3 Å². The van der Waals surface area contributed by atoms with Crippen LogP contribution < -0.4 is 0 Å². The van der Waals surface area contributed by atoms with Crippen LogP contribution in [0, 0.1) is 0 Å². The second-order valence-electron chi connectivity index (χ2n) is 3.48. The molecule has 0 fully saturated rings. The lowest BCUT2D eigenvalue weighted by molar-refractivity contribution is 0.0961. The molecule has 17 heavy (non-hydrogen) atoms. The van der Waals surface area contributed by atoms with Gasteiger partial charge < -0.3 is 0 Å². The molecule has 0 N–H and O–H groups in total. The quantitative estimate of drug-likeness (QED) is 0.689. The summed E-state index contributed by atoms with van der Waals surface area (Å²) in [5.41, 5.74) is 1.29. The molecule has 84 valence electrons. The topological polar surface area (TPSA) is 52.2 Å². The summed E-state index contributed by atoms with van der Waals surface area (Å²) in [6.07, 6.45) is 8.01. The van der Waals surface area contributed by atoms with Gasteiger partial charge in [0.2, 0.25) is 0 Å². The van der Waals surface area contributed by atoms with E-state index in [1.165, 1.54) is 10.9 Å². The summed E-state index contributed by atoms with van der Waals surface area (Å²) in [6, 6.07) is 3.73. The molecule has 3 rings (SSSR count). The van der Waals surface area contributed by atoms with Gasteiger partial charge in [0, 0.05) is 23.1 Å². The van der Waals surface area contributed by atoms with Gasteiger partial charge in [-0.05, 0) is 28.1 Å². The summed E-state index contributed by atoms with van der Waals surface area (Å²) in [5.74, 6) is -0.149. The molecular formula is C11H7BrN4O. The Hall–Kier alpha value is -1.95. The molecule has 0 saturated carbocycles. The lowest BCUT2D eigenvalue weighted by Gasteiger charge is -2.00. The van der Waals surface area contributed by atoms with Crippen LogP contribution in [0.2, 0.25) is 0 Å². The third-order valence-electron chi connectivity index (χ3n) is 2.46. The minimum atomic E-state index is -0.149. The average Bonchev–Trinajstić information content (AvgIpc) is 2.98. The smallest absolute Gasteiger partial charge is 0.266 e. The molecule has 0 aliphatic rings. The summed E-state index contributed by atoms with van der Waals surface area (Å²) in [4.78, 5) is 16.0. The van der Waals surface area contributed by atoms with Crippen molar-refractivity contribution in [2.24, 2.45) is 0 Å². The first kappa shape index (κ1) is 10.2. The Morgan fingerprint density at radius 1 is 1.35 bits per heavy atom. The van der Waals surface area contributed by atoms with Gasteiger partial charge in [0.05, 0.1) is 17.3 Å². The van der Waals surface area contributed by atoms with E-state index >= 15 is 0 Å². The highest BCUT2D eigenvalue weighted by Crippen LogP contribution is 2.21. The number of hydrogen-bond acceptors (Lipinski definition) is 3. The zero-order valence-corrected chi connectivity index (χ0v) is 10.2. The van der Waals surface area contributed by atoms with Crippen molar-refractivity contribution in [1.29, 1.82) is 0 Å². The van der Waals surface area contributed by atoms with Crippen LogP contribution in [0.15, 0.2) is 47.7 Å². The van der Waals surface area contributed by atoms with Crippen LogP contribution in [0.1, 0.15) is 10.4 Å². The summed E-state index contributed by atoms with van der Waals surface area (Å²) in [7, 11) is 0. The van der Waals surface area contributed by atoms with Gasteiger partial charge >= 0.3 is 0 Å². The predicted molar refractivity (Wildman–Crippen MR) is 64.8 cm³/mol. The van der Waals surface area contributed by atoms with Crippen molar-refractivity contribution in [3.63, 3.8) is 0 Å². The molecule has 0 aliphatic carbocycles. The Kier molecular flexibility index (Phi) is 2.29. The van der Waals surface area contributed by atoms with Gasteiger partial charge in [-0.25, -0.2) is 9.50 Å². The molecule has 0 aromatic carbocycles. The molecule has 0 amide bonds. The number of halogens is 1. The average molecular weight is 291 g/mol. The fourth-order valence-corrected chi connectivity index (χ4v) is 2.22. The first-order valence-corrected chi connectivity index (χ1v) is 5.71. The number of rotatable bonds is 1. The van der Waals surface area contributed by atoms with E-state index in [1.54, 1.807) is 29.3 Å². The maximum absolute atomic E-state index is 12.2. The molecule has 3 aromatic heterocycles. The molecule has 5 nitrogen and oxygen atoms in total. The lowest BCUT2D eigenvalue weighted by Crippen LogP contribution is -2.09. The van der Waals surface area contributed by atoms with Crippen LogP contribution in [0.25, 0.3) is 5.52 Å². The molecule has 6 heteroatoms. The predicted octanol–water partition coefficient (Wildman–Crippen LogP) is 1.98. The van der Waals surface area contributed by atoms with Crippen LogP contribution in [0.3, 0.4) is 0 Å². The van der Waals surface area contributed by atoms with E-state index in [-0.39, 0.29) is 5.91 Å². The first-order valence-electron chi connectivity index (χ1n) is 4.92. The number of nitrogens with zero attached hydrogens (tertiary/aromatic N) is 4. The SMILES string of the molecule is O=C(c1cnn2cccc(Br)c12)n1ccnc1. The van der Waals surface area contributed by atoms with Crippen LogP contribution in [0.5, 0.6) is 0 Å². The number of hydrogen-bond donors (Lipinski definition) is 0. The van der Waals surface area contributed by atoms with E-state index in [4.69, 9.17) is 0 Å². The zero-order valence-electron chi connectivity index (χ0n) is 8.62. The largest absolute Gasteiger partial charge is 0.272 e. The van der Waals surface area contributed by atoms with E-state index < -0.39 is 0 Å². The number of carbonyl (C=O) groups is 1. The highest BCUT2D eigenvalue weighted by molar-refractivity contribution is 9.10. The molecule has 3 aromatic rings. The first-order chi connectivity index (χ1) is 8.27.